The minimum atomic E-state index is -0.668. The molecule has 1 amide bonds. The maximum atomic E-state index is 13.8. The average Bonchev–Trinajstić information content (AvgIpc) is 2.71. The molecule has 0 atom stereocenters. The van der Waals surface area contributed by atoms with Crippen LogP contribution in [0.25, 0.3) is 0 Å². The van der Waals surface area contributed by atoms with Crippen LogP contribution in [0.4, 0.5) is 8.78 Å². The van der Waals surface area contributed by atoms with Gasteiger partial charge in [-0.25, -0.2) is 8.78 Å². The van der Waals surface area contributed by atoms with E-state index in [1.807, 2.05) is 0 Å². The van der Waals surface area contributed by atoms with Crippen LogP contribution >= 0.6 is 15.9 Å². The summed E-state index contributed by atoms with van der Waals surface area (Å²) in [6.07, 6.45) is 3.07. The van der Waals surface area contributed by atoms with Crippen molar-refractivity contribution in [3.63, 3.8) is 0 Å². The van der Waals surface area contributed by atoms with Gasteiger partial charge in [-0.3, -0.25) is 9.78 Å². The van der Waals surface area contributed by atoms with Gasteiger partial charge in [0.05, 0.1) is 12.1 Å². The number of benzene rings is 1. The summed E-state index contributed by atoms with van der Waals surface area (Å²) in [5.74, 6) is -1.59. The number of carbonyl (C=O) groups excluding carboxylic acids is 1. The van der Waals surface area contributed by atoms with Gasteiger partial charge in [0.25, 0.3) is 5.91 Å². The van der Waals surface area contributed by atoms with E-state index in [1.54, 1.807) is 12.3 Å². The molecule has 2 heterocycles. The Bertz CT molecular complexity index is 682. The van der Waals surface area contributed by atoms with Gasteiger partial charge in [0.2, 0.25) is 0 Å². The molecule has 0 saturated carbocycles. The molecule has 2 aromatic rings. The fourth-order valence-electron chi connectivity index (χ4n) is 2.24. The lowest BCUT2D eigenvalue weighted by Crippen LogP contribution is -2.24. The molecule has 0 aliphatic carbocycles. The van der Waals surface area contributed by atoms with Gasteiger partial charge in [0.1, 0.15) is 11.6 Å². The van der Waals surface area contributed by atoms with Gasteiger partial charge in [-0.05, 0) is 23.8 Å². The van der Waals surface area contributed by atoms with Gasteiger partial charge in [-0.2, -0.15) is 0 Å². The third-order valence-electron chi connectivity index (χ3n) is 3.24. The van der Waals surface area contributed by atoms with Crippen LogP contribution in [0.3, 0.4) is 0 Å². The van der Waals surface area contributed by atoms with Crippen molar-refractivity contribution in [1.82, 2.24) is 9.88 Å². The molecular weight excluding hydrogens is 330 g/mol. The van der Waals surface area contributed by atoms with Crippen LogP contribution in [-0.4, -0.2) is 15.8 Å². The van der Waals surface area contributed by atoms with Crippen LogP contribution in [0.5, 0.6) is 0 Å². The van der Waals surface area contributed by atoms with Crippen molar-refractivity contribution in [3.8, 4) is 0 Å². The third-order valence-corrected chi connectivity index (χ3v) is 3.70. The first-order chi connectivity index (χ1) is 9.56. The topological polar surface area (TPSA) is 33.2 Å². The maximum absolute atomic E-state index is 13.8. The van der Waals surface area contributed by atoms with Crippen molar-refractivity contribution >= 4 is 21.8 Å². The SMILES string of the molecule is O=C1c2cnccc2CN1Cc1c(F)cc(Br)cc1F. The Morgan fingerprint density at radius 2 is 2.00 bits per heavy atom. The Morgan fingerprint density at radius 3 is 2.65 bits per heavy atom. The number of amides is 1. The minimum absolute atomic E-state index is 0.0988. The van der Waals surface area contributed by atoms with Gasteiger partial charge in [-0.15, -0.1) is 0 Å². The highest BCUT2D eigenvalue weighted by Crippen LogP contribution is 2.26. The summed E-state index contributed by atoms with van der Waals surface area (Å²) in [6, 6.07) is 4.11. The van der Waals surface area contributed by atoms with E-state index in [4.69, 9.17) is 0 Å². The number of hydrogen-bond acceptors (Lipinski definition) is 2. The third kappa shape index (κ3) is 2.20. The first kappa shape index (κ1) is 13.2. The van der Waals surface area contributed by atoms with Gasteiger partial charge < -0.3 is 4.90 Å². The number of fused-ring (bicyclic) bond motifs is 1. The van der Waals surface area contributed by atoms with Crippen LogP contribution in [0, 0.1) is 11.6 Å². The Kier molecular flexibility index (Phi) is 3.25. The van der Waals surface area contributed by atoms with Crippen LogP contribution in [0.1, 0.15) is 21.5 Å². The largest absolute Gasteiger partial charge is 0.330 e. The van der Waals surface area contributed by atoms with Crippen molar-refractivity contribution in [2.75, 3.05) is 0 Å². The zero-order valence-electron chi connectivity index (χ0n) is 10.2. The average molecular weight is 339 g/mol. The van der Waals surface area contributed by atoms with Gasteiger partial charge in [-0.1, -0.05) is 15.9 Å². The molecule has 0 saturated heterocycles. The number of hydrogen-bond donors (Lipinski definition) is 0. The van der Waals surface area contributed by atoms with Crippen LogP contribution in [0.15, 0.2) is 35.1 Å². The molecular formula is C14H9BrF2N2O. The second-order valence-electron chi connectivity index (χ2n) is 4.54. The predicted octanol–water partition coefficient (Wildman–Crippen LogP) is 3.28. The molecule has 1 aromatic heterocycles. The lowest BCUT2D eigenvalue weighted by Gasteiger charge is -2.16. The summed E-state index contributed by atoms with van der Waals surface area (Å²) < 4.78 is 27.9. The molecule has 0 radical (unpaired) electrons. The fourth-order valence-corrected chi connectivity index (χ4v) is 2.65. The fraction of sp³-hybridized carbons (Fsp3) is 0.143. The molecule has 1 aliphatic heterocycles. The van der Waals surface area contributed by atoms with Crippen LogP contribution in [0.2, 0.25) is 0 Å². The first-order valence-corrected chi connectivity index (χ1v) is 6.71. The summed E-state index contributed by atoms with van der Waals surface area (Å²) in [7, 11) is 0. The lowest BCUT2D eigenvalue weighted by molar-refractivity contribution is 0.0763. The van der Waals surface area contributed by atoms with E-state index >= 15 is 0 Å². The van der Waals surface area contributed by atoms with Crippen molar-refractivity contribution in [1.29, 1.82) is 0 Å². The highest BCUT2D eigenvalue weighted by molar-refractivity contribution is 9.10. The van der Waals surface area contributed by atoms with Gasteiger partial charge >= 0.3 is 0 Å². The van der Waals surface area contributed by atoms with E-state index < -0.39 is 11.6 Å². The molecule has 0 bridgehead atoms. The van der Waals surface area contributed by atoms with Crippen LogP contribution in [-0.2, 0) is 13.1 Å². The minimum Gasteiger partial charge on any atom is -0.330 e. The molecule has 20 heavy (non-hydrogen) atoms. The number of halogens is 3. The summed E-state index contributed by atoms with van der Waals surface area (Å²) in [4.78, 5) is 17.4. The van der Waals surface area contributed by atoms with Crippen molar-refractivity contribution in [2.24, 2.45) is 0 Å². The highest BCUT2D eigenvalue weighted by atomic mass is 79.9. The number of aromatic nitrogens is 1. The molecule has 0 N–H and O–H groups in total. The summed E-state index contributed by atoms with van der Waals surface area (Å²) in [5, 5.41) is 0. The monoisotopic (exact) mass is 338 g/mol. The predicted molar refractivity (Wildman–Crippen MR) is 71.9 cm³/mol. The summed E-state index contributed by atoms with van der Waals surface area (Å²) in [6.45, 7) is 0.240. The zero-order valence-corrected chi connectivity index (χ0v) is 11.8. The molecule has 6 heteroatoms. The standard InChI is InChI=1S/C14H9BrF2N2O/c15-9-3-12(16)11(13(17)4-9)7-19-6-8-1-2-18-5-10(8)14(19)20/h1-5H,6-7H2. The van der Waals surface area contributed by atoms with Gasteiger partial charge in [0, 0.05) is 29.0 Å². The van der Waals surface area contributed by atoms with Crippen LogP contribution < -0.4 is 0 Å². The smallest absolute Gasteiger partial charge is 0.256 e. The van der Waals surface area contributed by atoms with E-state index in [1.165, 1.54) is 23.2 Å². The number of carbonyl (C=O) groups is 1. The quantitative estimate of drug-likeness (QED) is 0.841. The van der Waals surface area contributed by atoms with E-state index in [0.717, 1.165) is 5.56 Å². The molecule has 102 valence electrons. The maximum Gasteiger partial charge on any atom is 0.256 e. The first-order valence-electron chi connectivity index (χ1n) is 5.92. The molecule has 3 nitrogen and oxygen atoms in total. The molecule has 1 aromatic carbocycles. The van der Waals surface area contributed by atoms with E-state index in [-0.39, 0.29) is 18.0 Å². The molecule has 0 spiro atoms. The number of pyridine rings is 1. The number of rotatable bonds is 2. The molecule has 0 fully saturated rings. The van der Waals surface area contributed by atoms with E-state index in [0.29, 0.717) is 16.6 Å². The second kappa shape index (κ2) is 4.94. The van der Waals surface area contributed by atoms with E-state index in [2.05, 4.69) is 20.9 Å². The van der Waals surface area contributed by atoms with Crippen molar-refractivity contribution < 1.29 is 13.6 Å². The Balaban J connectivity index is 1.90. The van der Waals surface area contributed by atoms with Crippen molar-refractivity contribution in [2.45, 2.75) is 13.1 Å². The highest BCUT2D eigenvalue weighted by Gasteiger charge is 2.28. The summed E-state index contributed by atoms with van der Waals surface area (Å²) >= 11 is 3.03. The van der Waals surface area contributed by atoms with Gasteiger partial charge in [0.15, 0.2) is 0 Å². The Morgan fingerprint density at radius 1 is 1.30 bits per heavy atom. The number of nitrogens with zero attached hydrogens (tertiary/aromatic N) is 2. The van der Waals surface area contributed by atoms with E-state index in [9.17, 15) is 13.6 Å². The Hall–Kier alpha value is -1.82. The normalized spacial score (nSPS) is 13.8. The molecule has 3 rings (SSSR count). The lowest BCUT2D eigenvalue weighted by atomic mass is 10.2. The summed E-state index contributed by atoms with van der Waals surface area (Å²) in [5.41, 5.74) is 1.20. The molecule has 1 aliphatic rings. The van der Waals surface area contributed by atoms with Crippen molar-refractivity contribution in [3.05, 3.63) is 63.4 Å². The second-order valence-corrected chi connectivity index (χ2v) is 5.46. The zero-order chi connectivity index (χ0) is 14.3. The Labute approximate surface area is 122 Å². The molecule has 0 unspecified atom stereocenters.